The van der Waals surface area contributed by atoms with E-state index in [1.54, 1.807) is 6.20 Å². The molecule has 0 amide bonds. The van der Waals surface area contributed by atoms with Crippen molar-refractivity contribution in [1.29, 1.82) is 0 Å². The molecule has 0 saturated carbocycles. The number of halogens is 3. The predicted molar refractivity (Wildman–Crippen MR) is 112 cm³/mol. The molecule has 160 valence electrons. The van der Waals surface area contributed by atoms with E-state index in [9.17, 15) is 13.2 Å². The number of fused-ring (bicyclic) bond motifs is 1. The number of piperazine rings is 1. The monoisotopic (exact) mass is 408 g/mol. The third-order valence-corrected chi connectivity index (χ3v) is 5.58. The summed E-state index contributed by atoms with van der Waals surface area (Å²) in [4.78, 5) is 9.10. The second kappa shape index (κ2) is 9.30. The van der Waals surface area contributed by atoms with Gasteiger partial charge in [0.2, 0.25) is 0 Å². The summed E-state index contributed by atoms with van der Waals surface area (Å²) in [5, 5.41) is 4.33. The van der Waals surface area contributed by atoms with Crippen LogP contribution in [0.4, 0.5) is 18.9 Å². The van der Waals surface area contributed by atoms with Crippen molar-refractivity contribution < 1.29 is 13.2 Å². The Bertz CT molecular complexity index is 798. The van der Waals surface area contributed by atoms with E-state index in [1.807, 2.05) is 6.07 Å². The predicted octanol–water partition coefficient (Wildman–Crippen LogP) is 4.72. The highest BCUT2D eigenvalue weighted by Crippen LogP contribution is 2.33. The lowest BCUT2D eigenvalue weighted by atomic mass is 10.0. The quantitative estimate of drug-likeness (QED) is 0.719. The summed E-state index contributed by atoms with van der Waals surface area (Å²) in [5.74, 6) is 0.523. The van der Waals surface area contributed by atoms with Crippen LogP contribution in [0.25, 0.3) is 10.9 Å². The molecule has 2 heterocycles. The van der Waals surface area contributed by atoms with Crippen LogP contribution in [0.5, 0.6) is 0 Å². The number of aromatic nitrogens is 1. The Morgan fingerprint density at radius 1 is 1.07 bits per heavy atom. The molecule has 1 saturated heterocycles. The van der Waals surface area contributed by atoms with E-state index >= 15 is 0 Å². The minimum absolute atomic E-state index is 0.232. The van der Waals surface area contributed by atoms with E-state index in [0.717, 1.165) is 68.9 Å². The van der Waals surface area contributed by atoms with E-state index in [1.165, 1.54) is 6.07 Å². The fourth-order valence-electron chi connectivity index (χ4n) is 4.02. The summed E-state index contributed by atoms with van der Waals surface area (Å²) >= 11 is 0. The van der Waals surface area contributed by atoms with Crippen molar-refractivity contribution in [2.24, 2.45) is 5.92 Å². The number of pyridine rings is 1. The first-order chi connectivity index (χ1) is 13.8. The van der Waals surface area contributed by atoms with Crippen LogP contribution in [0.1, 0.15) is 32.8 Å². The van der Waals surface area contributed by atoms with Gasteiger partial charge in [-0.15, -0.1) is 0 Å². The summed E-state index contributed by atoms with van der Waals surface area (Å²) in [6.45, 7) is 12.9. The van der Waals surface area contributed by atoms with Gasteiger partial charge in [0.15, 0.2) is 0 Å². The number of likely N-dealkylation sites (N-methyl/N-ethyl adjacent to an activating group) is 1. The van der Waals surface area contributed by atoms with Crippen LogP contribution < -0.4 is 5.32 Å². The molecule has 0 spiro atoms. The Kier molecular flexibility index (Phi) is 7.01. The third kappa shape index (κ3) is 5.82. The van der Waals surface area contributed by atoms with Crippen molar-refractivity contribution in [3.63, 3.8) is 0 Å². The Labute approximate surface area is 171 Å². The molecule has 1 aromatic heterocycles. The molecule has 7 heteroatoms. The maximum Gasteiger partial charge on any atom is 0.416 e. The molecule has 4 nitrogen and oxygen atoms in total. The van der Waals surface area contributed by atoms with Gasteiger partial charge in [0.25, 0.3) is 0 Å². The maximum absolute atomic E-state index is 13.0. The standard InChI is InChI=1S/C22H31F3N4/c1-4-28-9-11-29(12-10-28)15-18(13-16(2)3)27-20-7-8-26-21-14-17(22(23,24)25)5-6-19(20)21/h5-8,14,16,18H,4,9-13,15H2,1-3H3,(H,26,27). The van der Waals surface area contributed by atoms with E-state index in [4.69, 9.17) is 0 Å². The first-order valence-electron chi connectivity index (χ1n) is 10.4. The highest BCUT2D eigenvalue weighted by molar-refractivity contribution is 5.91. The van der Waals surface area contributed by atoms with Crippen molar-refractivity contribution in [3.05, 3.63) is 36.0 Å². The number of nitrogens with zero attached hydrogens (tertiary/aromatic N) is 3. The molecule has 1 aliphatic heterocycles. The van der Waals surface area contributed by atoms with Crippen LogP contribution in [-0.2, 0) is 6.18 Å². The van der Waals surface area contributed by atoms with Crippen molar-refractivity contribution >= 4 is 16.6 Å². The van der Waals surface area contributed by atoms with Gasteiger partial charge in [0.05, 0.1) is 11.1 Å². The first kappa shape index (κ1) is 21.8. The molecule has 29 heavy (non-hydrogen) atoms. The lowest BCUT2D eigenvalue weighted by molar-refractivity contribution is -0.137. The number of nitrogens with one attached hydrogen (secondary N) is 1. The zero-order valence-electron chi connectivity index (χ0n) is 17.5. The largest absolute Gasteiger partial charge is 0.416 e. The number of anilines is 1. The Hall–Kier alpha value is -1.86. The zero-order chi connectivity index (χ0) is 21.0. The smallest absolute Gasteiger partial charge is 0.380 e. The second-order valence-electron chi connectivity index (χ2n) is 8.29. The third-order valence-electron chi connectivity index (χ3n) is 5.58. The average Bonchev–Trinajstić information content (AvgIpc) is 2.67. The summed E-state index contributed by atoms with van der Waals surface area (Å²) in [6.07, 6.45) is -1.78. The average molecular weight is 409 g/mol. The number of alkyl halides is 3. The van der Waals surface area contributed by atoms with Gasteiger partial charge in [-0.3, -0.25) is 9.88 Å². The fraction of sp³-hybridized carbons (Fsp3) is 0.591. The number of rotatable bonds is 7. The van der Waals surface area contributed by atoms with Gasteiger partial charge in [0, 0.05) is 56.0 Å². The van der Waals surface area contributed by atoms with Gasteiger partial charge in [-0.2, -0.15) is 13.2 Å². The fourth-order valence-corrected chi connectivity index (χ4v) is 4.02. The van der Waals surface area contributed by atoms with E-state index < -0.39 is 11.7 Å². The van der Waals surface area contributed by atoms with Crippen LogP contribution in [0.3, 0.4) is 0 Å². The van der Waals surface area contributed by atoms with Gasteiger partial charge in [-0.05, 0) is 37.1 Å². The molecule has 1 unspecified atom stereocenters. The number of hydrogen-bond donors (Lipinski definition) is 1. The van der Waals surface area contributed by atoms with Crippen LogP contribution in [0.2, 0.25) is 0 Å². The zero-order valence-corrected chi connectivity index (χ0v) is 17.5. The molecule has 1 fully saturated rings. The molecule has 2 aromatic rings. The lowest BCUT2D eigenvalue weighted by Gasteiger charge is -2.36. The summed E-state index contributed by atoms with van der Waals surface area (Å²) in [7, 11) is 0. The van der Waals surface area contributed by atoms with Gasteiger partial charge in [-0.1, -0.05) is 26.8 Å². The molecule has 1 aromatic carbocycles. The summed E-state index contributed by atoms with van der Waals surface area (Å²) in [5.41, 5.74) is 0.549. The molecule has 0 aliphatic carbocycles. The summed E-state index contributed by atoms with van der Waals surface area (Å²) in [6, 6.07) is 5.88. The molecule has 1 atom stereocenters. The minimum Gasteiger partial charge on any atom is -0.380 e. The Balaban J connectivity index is 1.77. The van der Waals surface area contributed by atoms with Crippen molar-refractivity contribution in [1.82, 2.24) is 14.8 Å². The molecule has 0 bridgehead atoms. The van der Waals surface area contributed by atoms with Gasteiger partial charge in [0.1, 0.15) is 0 Å². The Morgan fingerprint density at radius 2 is 1.76 bits per heavy atom. The normalized spacial score (nSPS) is 17.8. The van der Waals surface area contributed by atoms with E-state index in [-0.39, 0.29) is 6.04 Å². The number of hydrogen-bond acceptors (Lipinski definition) is 4. The highest BCUT2D eigenvalue weighted by atomic mass is 19.4. The van der Waals surface area contributed by atoms with Crippen LogP contribution >= 0.6 is 0 Å². The molecule has 0 radical (unpaired) electrons. The number of benzene rings is 1. The first-order valence-corrected chi connectivity index (χ1v) is 10.4. The SMILES string of the molecule is CCN1CCN(CC(CC(C)C)Nc2ccnc3cc(C(F)(F)F)ccc23)CC1. The molecule has 1 aliphatic rings. The molecular weight excluding hydrogens is 377 g/mol. The van der Waals surface area contributed by atoms with Gasteiger partial charge < -0.3 is 10.2 Å². The van der Waals surface area contributed by atoms with Crippen molar-refractivity contribution in [2.75, 3.05) is 44.6 Å². The Morgan fingerprint density at radius 3 is 2.38 bits per heavy atom. The van der Waals surface area contributed by atoms with E-state index in [2.05, 4.69) is 40.9 Å². The molecule has 1 N–H and O–H groups in total. The van der Waals surface area contributed by atoms with Gasteiger partial charge >= 0.3 is 6.18 Å². The van der Waals surface area contributed by atoms with Crippen LogP contribution in [0.15, 0.2) is 30.5 Å². The minimum atomic E-state index is -4.36. The lowest BCUT2D eigenvalue weighted by Crippen LogP contribution is -2.49. The second-order valence-corrected chi connectivity index (χ2v) is 8.29. The van der Waals surface area contributed by atoms with Crippen molar-refractivity contribution in [2.45, 2.75) is 39.4 Å². The molecular formula is C22H31F3N4. The van der Waals surface area contributed by atoms with Gasteiger partial charge in [-0.25, -0.2) is 0 Å². The van der Waals surface area contributed by atoms with E-state index in [0.29, 0.717) is 11.4 Å². The van der Waals surface area contributed by atoms with Crippen LogP contribution in [-0.4, -0.2) is 60.1 Å². The topological polar surface area (TPSA) is 31.4 Å². The molecule has 3 rings (SSSR count). The maximum atomic E-state index is 13.0. The van der Waals surface area contributed by atoms with Crippen molar-refractivity contribution in [3.8, 4) is 0 Å². The summed E-state index contributed by atoms with van der Waals surface area (Å²) < 4.78 is 39.1. The highest BCUT2D eigenvalue weighted by Gasteiger charge is 2.30. The van der Waals surface area contributed by atoms with Crippen LogP contribution in [0, 0.1) is 5.92 Å².